The summed E-state index contributed by atoms with van der Waals surface area (Å²) in [5.74, 6) is 0.547. The summed E-state index contributed by atoms with van der Waals surface area (Å²) in [6.07, 6.45) is 3.37. The van der Waals surface area contributed by atoms with Gasteiger partial charge in [-0.2, -0.15) is 0 Å². The first-order chi connectivity index (χ1) is 7.39. The van der Waals surface area contributed by atoms with Gasteiger partial charge in [-0.1, -0.05) is 13.8 Å². The number of likely N-dealkylation sites (N-methyl/N-ethyl adjacent to an activating group) is 1. The first-order valence-electron chi connectivity index (χ1n) is 6.53. The molecule has 0 bridgehead atoms. The third-order valence-corrected chi connectivity index (χ3v) is 3.24. The molecular weight excluding hydrogens is 200 g/mol. The Morgan fingerprint density at radius 3 is 2.75 bits per heavy atom. The molecule has 0 amide bonds. The number of hydrogen-bond acceptors (Lipinski definition) is 3. The summed E-state index contributed by atoms with van der Waals surface area (Å²) in [5, 5.41) is 13.7. The lowest BCUT2D eigenvalue weighted by atomic mass is 9.93. The molecule has 1 aliphatic rings. The highest BCUT2D eigenvalue weighted by Gasteiger charge is 2.24. The summed E-state index contributed by atoms with van der Waals surface area (Å²) in [4.78, 5) is 2.36. The van der Waals surface area contributed by atoms with Crippen LogP contribution >= 0.6 is 0 Å². The molecule has 1 saturated heterocycles. The zero-order chi connectivity index (χ0) is 12.2. The molecule has 0 saturated carbocycles. The van der Waals surface area contributed by atoms with E-state index in [1.54, 1.807) is 0 Å². The van der Waals surface area contributed by atoms with Gasteiger partial charge in [-0.25, -0.2) is 0 Å². The maximum atomic E-state index is 10.2. The van der Waals surface area contributed by atoms with Crippen molar-refractivity contribution in [2.24, 2.45) is 5.92 Å². The first-order valence-corrected chi connectivity index (χ1v) is 6.53. The minimum atomic E-state index is -0.565. The van der Waals surface area contributed by atoms with Gasteiger partial charge in [0.2, 0.25) is 0 Å². The van der Waals surface area contributed by atoms with Gasteiger partial charge in [0.1, 0.15) is 0 Å². The fourth-order valence-electron chi connectivity index (χ4n) is 2.65. The molecule has 0 spiro atoms. The van der Waals surface area contributed by atoms with Crippen LogP contribution in [0.1, 0.15) is 40.0 Å². The normalized spacial score (nSPS) is 27.0. The molecular formula is C13H28N2O. The van der Waals surface area contributed by atoms with Gasteiger partial charge < -0.3 is 15.3 Å². The number of nitrogens with one attached hydrogen (secondary N) is 1. The highest BCUT2D eigenvalue weighted by Crippen LogP contribution is 2.16. The average Bonchev–Trinajstić information content (AvgIpc) is 2.13. The maximum Gasteiger partial charge on any atom is 0.0746 e. The second-order valence-electron chi connectivity index (χ2n) is 6.08. The molecule has 96 valence electrons. The van der Waals surface area contributed by atoms with Crippen LogP contribution in [0.15, 0.2) is 0 Å². The highest BCUT2D eigenvalue weighted by atomic mass is 16.3. The Bertz CT molecular complexity index is 204. The van der Waals surface area contributed by atoms with E-state index in [1.807, 2.05) is 6.92 Å². The standard InChI is InChI=1S/C13H28N2O/c1-11(2)8-13(3,16)10-14-12-6-5-7-15(4)9-12/h11-12,14,16H,5-10H2,1-4H3. The number of piperidine rings is 1. The minimum absolute atomic E-state index is 0.547. The lowest BCUT2D eigenvalue weighted by Gasteiger charge is -2.33. The van der Waals surface area contributed by atoms with E-state index in [-0.39, 0.29) is 0 Å². The van der Waals surface area contributed by atoms with Crippen LogP contribution in [0.4, 0.5) is 0 Å². The molecule has 0 aromatic heterocycles. The molecule has 0 aromatic rings. The van der Waals surface area contributed by atoms with E-state index >= 15 is 0 Å². The van der Waals surface area contributed by atoms with Crippen molar-refractivity contribution >= 4 is 0 Å². The van der Waals surface area contributed by atoms with Crippen LogP contribution in [0.5, 0.6) is 0 Å². The molecule has 1 fully saturated rings. The summed E-state index contributed by atoms with van der Waals surface area (Å²) in [6, 6.07) is 0.553. The average molecular weight is 228 g/mol. The molecule has 2 N–H and O–H groups in total. The molecule has 0 radical (unpaired) electrons. The van der Waals surface area contributed by atoms with E-state index in [1.165, 1.54) is 19.4 Å². The van der Waals surface area contributed by atoms with Gasteiger partial charge in [0, 0.05) is 19.1 Å². The summed E-state index contributed by atoms with van der Waals surface area (Å²) < 4.78 is 0. The van der Waals surface area contributed by atoms with Crippen LogP contribution in [0.3, 0.4) is 0 Å². The van der Waals surface area contributed by atoms with Crippen LogP contribution in [-0.4, -0.2) is 48.3 Å². The summed E-state index contributed by atoms with van der Waals surface area (Å²) in [7, 11) is 2.17. The van der Waals surface area contributed by atoms with E-state index in [9.17, 15) is 5.11 Å². The van der Waals surface area contributed by atoms with E-state index in [0.717, 1.165) is 13.0 Å². The van der Waals surface area contributed by atoms with Crippen molar-refractivity contribution in [2.45, 2.75) is 51.7 Å². The quantitative estimate of drug-likeness (QED) is 0.748. The molecule has 3 heteroatoms. The van der Waals surface area contributed by atoms with Crippen molar-refractivity contribution in [1.29, 1.82) is 0 Å². The first kappa shape index (κ1) is 13.9. The van der Waals surface area contributed by atoms with Crippen molar-refractivity contribution in [3.8, 4) is 0 Å². The fourth-order valence-corrected chi connectivity index (χ4v) is 2.65. The fraction of sp³-hybridized carbons (Fsp3) is 1.00. The number of hydrogen-bond donors (Lipinski definition) is 2. The van der Waals surface area contributed by atoms with Crippen molar-refractivity contribution in [1.82, 2.24) is 10.2 Å². The van der Waals surface area contributed by atoms with Crippen LogP contribution in [0, 0.1) is 5.92 Å². The van der Waals surface area contributed by atoms with Gasteiger partial charge in [-0.3, -0.25) is 0 Å². The Balaban J connectivity index is 2.27. The zero-order valence-corrected chi connectivity index (χ0v) is 11.3. The van der Waals surface area contributed by atoms with Crippen molar-refractivity contribution in [3.05, 3.63) is 0 Å². The Morgan fingerprint density at radius 2 is 2.19 bits per heavy atom. The molecule has 1 heterocycles. The van der Waals surface area contributed by atoms with Crippen LogP contribution < -0.4 is 5.32 Å². The number of nitrogens with zero attached hydrogens (tertiary/aromatic N) is 1. The Morgan fingerprint density at radius 1 is 1.50 bits per heavy atom. The lowest BCUT2D eigenvalue weighted by molar-refractivity contribution is 0.0331. The summed E-state index contributed by atoms with van der Waals surface area (Å²) >= 11 is 0. The van der Waals surface area contributed by atoms with Gasteiger partial charge >= 0.3 is 0 Å². The van der Waals surface area contributed by atoms with Gasteiger partial charge in [0.05, 0.1) is 5.60 Å². The highest BCUT2D eigenvalue weighted by molar-refractivity contribution is 4.82. The second-order valence-corrected chi connectivity index (χ2v) is 6.08. The number of aliphatic hydroxyl groups is 1. The molecule has 0 aromatic carbocycles. The molecule has 0 aliphatic carbocycles. The Kier molecular flexibility index (Phi) is 5.22. The van der Waals surface area contributed by atoms with Crippen molar-refractivity contribution in [2.75, 3.05) is 26.7 Å². The predicted octanol–water partition coefficient (Wildman–Crippen LogP) is 1.47. The van der Waals surface area contributed by atoms with Gasteiger partial charge in [0.15, 0.2) is 0 Å². The third kappa shape index (κ3) is 5.28. The predicted molar refractivity (Wildman–Crippen MR) is 68.6 cm³/mol. The van der Waals surface area contributed by atoms with Crippen LogP contribution in [-0.2, 0) is 0 Å². The SMILES string of the molecule is CC(C)CC(C)(O)CNC1CCCN(C)C1. The van der Waals surface area contributed by atoms with E-state index in [0.29, 0.717) is 18.5 Å². The number of rotatable bonds is 5. The molecule has 2 unspecified atom stereocenters. The lowest BCUT2D eigenvalue weighted by Crippen LogP contribution is -2.49. The van der Waals surface area contributed by atoms with Gasteiger partial charge in [-0.05, 0) is 45.7 Å². The van der Waals surface area contributed by atoms with Crippen LogP contribution in [0.25, 0.3) is 0 Å². The molecule has 1 rings (SSSR count). The Hall–Kier alpha value is -0.120. The van der Waals surface area contributed by atoms with Crippen molar-refractivity contribution < 1.29 is 5.11 Å². The largest absolute Gasteiger partial charge is 0.389 e. The van der Waals surface area contributed by atoms with E-state index < -0.39 is 5.60 Å². The number of likely N-dealkylation sites (tertiary alicyclic amines) is 1. The summed E-state index contributed by atoms with van der Waals surface area (Å²) in [5.41, 5.74) is -0.565. The maximum absolute atomic E-state index is 10.2. The zero-order valence-electron chi connectivity index (χ0n) is 11.3. The van der Waals surface area contributed by atoms with E-state index in [4.69, 9.17) is 0 Å². The second kappa shape index (κ2) is 5.99. The molecule has 2 atom stereocenters. The topological polar surface area (TPSA) is 35.5 Å². The van der Waals surface area contributed by atoms with Crippen LogP contribution in [0.2, 0.25) is 0 Å². The van der Waals surface area contributed by atoms with Gasteiger partial charge in [-0.15, -0.1) is 0 Å². The van der Waals surface area contributed by atoms with Gasteiger partial charge in [0.25, 0.3) is 0 Å². The molecule has 16 heavy (non-hydrogen) atoms. The molecule has 1 aliphatic heterocycles. The monoisotopic (exact) mass is 228 g/mol. The minimum Gasteiger partial charge on any atom is -0.389 e. The third-order valence-electron chi connectivity index (χ3n) is 3.24. The Labute approximate surface area is 100 Å². The smallest absolute Gasteiger partial charge is 0.0746 e. The molecule has 3 nitrogen and oxygen atoms in total. The van der Waals surface area contributed by atoms with Crippen molar-refractivity contribution in [3.63, 3.8) is 0 Å². The van der Waals surface area contributed by atoms with E-state index in [2.05, 4.69) is 31.1 Å². The summed E-state index contributed by atoms with van der Waals surface area (Å²) in [6.45, 7) is 9.28.